The summed E-state index contributed by atoms with van der Waals surface area (Å²) in [5.74, 6) is -1.57. The minimum atomic E-state index is -1.18. The van der Waals surface area contributed by atoms with E-state index in [0.717, 1.165) is 5.56 Å². The van der Waals surface area contributed by atoms with Gasteiger partial charge < -0.3 is 5.11 Å². The number of halogens is 1. The van der Waals surface area contributed by atoms with Gasteiger partial charge in [-0.3, -0.25) is 0 Å². The van der Waals surface area contributed by atoms with E-state index in [1.54, 1.807) is 31.2 Å². The van der Waals surface area contributed by atoms with Gasteiger partial charge in [-0.25, -0.2) is 13.9 Å². The van der Waals surface area contributed by atoms with E-state index in [9.17, 15) is 14.3 Å². The molecule has 116 valence electrons. The van der Waals surface area contributed by atoms with Crippen molar-refractivity contribution < 1.29 is 14.3 Å². The van der Waals surface area contributed by atoms with Crippen LogP contribution in [0.2, 0.25) is 0 Å². The van der Waals surface area contributed by atoms with Crippen LogP contribution in [-0.4, -0.2) is 26.1 Å². The van der Waals surface area contributed by atoms with Crippen LogP contribution in [0.25, 0.3) is 16.9 Å². The molecule has 0 aliphatic rings. The molecule has 23 heavy (non-hydrogen) atoms. The summed E-state index contributed by atoms with van der Waals surface area (Å²) >= 11 is 0. The Hall–Kier alpha value is -3.02. The quantitative estimate of drug-likeness (QED) is 0.805. The third-order valence-electron chi connectivity index (χ3n) is 3.60. The van der Waals surface area contributed by atoms with Crippen LogP contribution in [0, 0.1) is 19.7 Å². The largest absolute Gasteiger partial charge is 0.476 e. The summed E-state index contributed by atoms with van der Waals surface area (Å²) < 4.78 is 15.2. The van der Waals surface area contributed by atoms with Gasteiger partial charge in [0, 0.05) is 5.56 Å². The second-order valence-electron chi connectivity index (χ2n) is 5.30. The normalized spacial score (nSPS) is 10.7. The number of carbonyl (C=O) groups is 1. The maximum Gasteiger partial charge on any atom is 0.358 e. The van der Waals surface area contributed by atoms with E-state index >= 15 is 0 Å². The molecule has 0 unspecified atom stereocenters. The molecule has 1 heterocycles. The number of hydrogen-bond donors (Lipinski definition) is 1. The van der Waals surface area contributed by atoms with Crippen molar-refractivity contribution in [3.63, 3.8) is 0 Å². The summed E-state index contributed by atoms with van der Waals surface area (Å²) in [6.45, 7) is 3.59. The molecule has 1 aromatic heterocycles. The first-order valence-corrected chi connectivity index (χ1v) is 7.00. The van der Waals surface area contributed by atoms with Crippen LogP contribution in [0.1, 0.15) is 21.6 Å². The van der Waals surface area contributed by atoms with Gasteiger partial charge in [0.1, 0.15) is 11.5 Å². The summed E-state index contributed by atoms with van der Waals surface area (Å²) in [6.07, 6.45) is 0. The molecule has 0 atom stereocenters. The van der Waals surface area contributed by atoms with Crippen LogP contribution in [0.5, 0.6) is 0 Å². The van der Waals surface area contributed by atoms with Crippen molar-refractivity contribution >= 4 is 5.97 Å². The average molecular weight is 311 g/mol. The average Bonchev–Trinajstić information content (AvgIpc) is 2.96. The first-order chi connectivity index (χ1) is 11.0. The summed E-state index contributed by atoms with van der Waals surface area (Å²) in [5.41, 5.74) is 2.77. The Balaban J connectivity index is 2.23. The van der Waals surface area contributed by atoms with Crippen LogP contribution in [0.4, 0.5) is 4.39 Å². The first kappa shape index (κ1) is 14.9. The van der Waals surface area contributed by atoms with Crippen LogP contribution in [0.3, 0.4) is 0 Å². The van der Waals surface area contributed by atoms with Crippen molar-refractivity contribution in [2.24, 2.45) is 0 Å². The number of carboxylic acids is 1. The number of aromatic carboxylic acids is 1. The highest BCUT2D eigenvalue weighted by atomic mass is 19.1. The number of carboxylic acid groups (broad SMARTS) is 1. The zero-order valence-electron chi connectivity index (χ0n) is 12.6. The number of rotatable bonds is 3. The van der Waals surface area contributed by atoms with Gasteiger partial charge in [-0.1, -0.05) is 41.1 Å². The molecule has 0 amide bonds. The van der Waals surface area contributed by atoms with E-state index in [1.807, 2.05) is 19.1 Å². The number of hydrogen-bond acceptors (Lipinski definition) is 3. The Morgan fingerprint density at radius 1 is 1.13 bits per heavy atom. The molecule has 0 saturated heterocycles. The highest BCUT2D eigenvalue weighted by Gasteiger charge is 2.21. The van der Waals surface area contributed by atoms with Crippen LogP contribution >= 0.6 is 0 Å². The van der Waals surface area contributed by atoms with Crippen molar-refractivity contribution in [1.29, 1.82) is 0 Å². The Labute approximate surface area is 132 Å². The molecule has 3 rings (SSSR count). The molecule has 0 fully saturated rings. The Kier molecular flexibility index (Phi) is 3.65. The molecule has 0 bridgehead atoms. The number of benzene rings is 2. The fourth-order valence-electron chi connectivity index (χ4n) is 2.29. The monoisotopic (exact) mass is 311 g/mol. The third-order valence-corrected chi connectivity index (χ3v) is 3.60. The lowest BCUT2D eigenvalue weighted by atomic mass is 10.1. The molecule has 6 heteroatoms. The highest BCUT2D eigenvalue weighted by Crippen LogP contribution is 2.26. The standard InChI is InChI=1S/C17H14FN3O2/c1-10-3-6-12(7-4-10)16-15(17(22)23)19-20-21(16)13-8-5-11(2)14(18)9-13/h3-9H,1-2H3,(H,22,23). The van der Waals surface area contributed by atoms with Gasteiger partial charge in [-0.05, 0) is 31.5 Å². The molecule has 0 radical (unpaired) electrons. The topological polar surface area (TPSA) is 68.0 Å². The molecule has 3 aromatic rings. The van der Waals surface area contributed by atoms with Crippen molar-refractivity contribution in [1.82, 2.24) is 15.0 Å². The van der Waals surface area contributed by atoms with E-state index in [4.69, 9.17) is 0 Å². The zero-order chi connectivity index (χ0) is 16.6. The molecule has 0 spiro atoms. The predicted molar refractivity (Wildman–Crippen MR) is 83.2 cm³/mol. The Morgan fingerprint density at radius 2 is 1.83 bits per heavy atom. The second kappa shape index (κ2) is 5.64. The molecule has 0 aliphatic heterocycles. The fraction of sp³-hybridized carbons (Fsp3) is 0.118. The predicted octanol–water partition coefficient (Wildman–Crippen LogP) is 3.39. The van der Waals surface area contributed by atoms with E-state index in [1.165, 1.54) is 10.7 Å². The molecule has 2 aromatic carbocycles. The lowest BCUT2D eigenvalue weighted by Gasteiger charge is -2.08. The first-order valence-electron chi connectivity index (χ1n) is 7.00. The van der Waals surface area contributed by atoms with Crippen molar-refractivity contribution in [3.8, 4) is 16.9 Å². The van der Waals surface area contributed by atoms with Crippen molar-refractivity contribution in [3.05, 3.63) is 65.1 Å². The smallest absolute Gasteiger partial charge is 0.358 e. The number of aryl methyl sites for hydroxylation is 2. The molecule has 0 aliphatic carbocycles. The minimum Gasteiger partial charge on any atom is -0.476 e. The van der Waals surface area contributed by atoms with Gasteiger partial charge in [0.25, 0.3) is 0 Å². The lowest BCUT2D eigenvalue weighted by Crippen LogP contribution is -2.04. The maximum atomic E-state index is 13.8. The Bertz CT molecular complexity index is 885. The molecular formula is C17H14FN3O2. The summed E-state index contributed by atoms with van der Waals surface area (Å²) in [7, 11) is 0. The summed E-state index contributed by atoms with van der Waals surface area (Å²) in [6, 6.07) is 11.9. The third kappa shape index (κ3) is 2.70. The maximum absolute atomic E-state index is 13.8. The highest BCUT2D eigenvalue weighted by molar-refractivity contribution is 5.93. The van der Waals surface area contributed by atoms with Crippen LogP contribution < -0.4 is 0 Å². The van der Waals surface area contributed by atoms with Crippen molar-refractivity contribution in [2.75, 3.05) is 0 Å². The zero-order valence-corrected chi connectivity index (χ0v) is 12.6. The van der Waals surface area contributed by atoms with E-state index in [0.29, 0.717) is 22.5 Å². The SMILES string of the molecule is Cc1ccc(-c2c(C(=O)O)nnn2-c2ccc(C)c(F)c2)cc1. The summed E-state index contributed by atoms with van der Waals surface area (Å²) in [5, 5.41) is 17.0. The van der Waals surface area contributed by atoms with E-state index in [-0.39, 0.29) is 11.5 Å². The minimum absolute atomic E-state index is 0.171. The molecule has 1 N–H and O–H groups in total. The van der Waals surface area contributed by atoms with Gasteiger partial charge in [0.15, 0.2) is 5.69 Å². The van der Waals surface area contributed by atoms with Gasteiger partial charge in [0.2, 0.25) is 0 Å². The van der Waals surface area contributed by atoms with Gasteiger partial charge >= 0.3 is 5.97 Å². The van der Waals surface area contributed by atoms with Gasteiger partial charge in [0.05, 0.1) is 5.69 Å². The van der Waals surface area contributed by atoms with Crippen molar-refractivity contribution in [2.45, 2.75) is 13.8 Å². The number of nitrogens with zero attached hydrogens (tertiary/aromatic N) is 3. The van der Waals surface area contributed by atoms with Crippen LogP contribution in [-0.2, 0) is 0 Å². The molecule has 5 nitrogen and oxygen atoms in total. The lowest BCUT2D eigenvalue weighted by molar-refractivity contribution is 0.0691. The molecular weight excluding hydrogens is 297 g/mol. The van der Waals surface area contributed by atoms with Gasteiger partial charge in [-0.2, -0.15) is 0 Å². The van der Waals surface area contributed by atoms with E-state index in [2.05, 4.69) is 10.3 Å². The molecule has 0 saturated carbocycles. The van der Waals surface area contributed by atoms with Crippen LogP contribution in [0.15, 0.2) is 42.5 Å². The Morgan fingerprint density at radius 3 is 2.43 bits per heavy atom. The number of aromatic nitrogens is 3. The second-order valence-corrected chi connectivity index (χ2v) is 5.30. The van der Waals surface area contributed by atoms with Gasteiger partial charge in [-0.15, -0.1) is 5.10 Å². The fourth-order valence-corrected chi connectivity index (χ4v) is 2.29. The van der Waals surface area contributed by atoms with E-state index < -0.39 is 5.97 Å². The summed E-state index contributed by atoms with van der Waals surface area (Å²) in [4.78, 5) is 11.4.